The zero-order valence-corrected chi connectivity index (χ0v) is 18.3. The smallest absolute Gasteiger partial charge is 0.243 e. The summed E-state index contributed by atoms with van der Waals surface area (Å²) in [5.74, 6) is 1.68. The van der Waals surface area contributed by atoms with Gasteiger partial charge in [-0.15, -0.1) is 11.8 Å². The van der Waals surface area contributed by atoms with E-state index in [4.69, 9.17) is 9.47 Å². The van der Waals surface area contributed by atoms with Crippen LogP contribution in [0.4, 0.5) is 0 Å². The molecule has 1 aromatic carbocycles. The number of nitrogens with one attached hydrogen (secondary N) is 2. The molecule has 1 aromatic rings. The fraction of sp³-hybridized carbons (Fsp3) is 0.619. The number of carbonyl (C=O) groups excluding carboxylic acids is 2. The van der Waals surface area contributed by atoms with E-state index in [0.717, 1.165) is 12.1 Å². The second-order valence-corrected chi connectivity index (χ2v) is 8.71. The number of hydrogen-bond acceptors (Lipinski definition) is 5. The predicted octanol–water partition coefficient (Wildman–Crippen LogP) is 0.851. The van der Waals surface area contributed by atoms with Gasteiger partial charge in [0.05, 0.1) is 40.4 Å². The lowest BCUT2D eigenvalue weighted by atomic mass is 10.1. The molecule has 0 unspecified atom stereocenters. The Morgan fingerprint density at radius 3 is 2.55 bits per heavy atom. The number of likely N-dealkylation sites (tertiary alicyclic amines) is 1. The van der Waals surface area contributed by atoms with Gasteiger partial charge in [-0.2, -0.15) is 0 Å². The van der Waals surface area contributed by atoms with E-state index >= 15 is 0 Å². The van der Waals surface area contributed by atoms with E-state index in [0.29, 0.717) is 23.8 Å². The maximum atomic E-state index is 12.8. The zero-order chi connectivity index (χ0) is 20.8. The van der Waals surface area contributed by atoms with Crippen LogP contribution in [0.2, 0.25) is 0 Å². The molecule has 2 aliphatic heterocycles. The van der Waals surface area contributed by atoms with Gasteiger partial charge in [0.25, 0.3) is 0 Å². The van der Waals surface area contributed by atoms with Crippen molar-refractivity contribution < 1.29 is 24.0 Å². The van der Waals surface area contributed by atoms with E-state index in [1.807, 2.05) is 18.2 Å². The minimum absolute atomic E-state index is 0.0629. The van der Waals surface area contributed by atoms with Crippen molar-refractivity contribution in [3.8, 4) is 11.5 Å². The highest BCUT2D eigenvalue weighted by atomic mass is 32.2. The van der Waals surface area contributed by atoms with Gasteiger partial charge in [-0.05, 0) is 37.0 Å². The van der Waals surface area contributed by atoms with Crippen molar-refractivity contribution in [2.24, 2.45) is 0 Å². The number of amides is 2. The topological polar surface area (TPSA) is 72.3 Å². The summed E-state index contributed by atoms with van der Waals surface area (Å²) < 4.78 is 10.7. The summed E-state index contributed by atoms with van der Waals surface area (Å²) in [6, 6.07) is 5.19. The zero-order valence-electron chi connectivity index (χ0n) is 17.5. The molecule has 2 N–H and O–H groups in total. The predicted molar refractivity (Wildman–Crippen MR) is 113 cm³/mol. The second-order valence-electron chi connectivity index (χ2n) is 7.59. The molecule has 2 amide bonds. The fourth-order valence-corrected chi connectivity index (χ4v) is 5.61. The van der Waals surface area contributed by atoms with Gasteiger partial charge in [-0.25, -0.2) is 0 Å². The number of hydrogen-bond donors (Lipinski definition) is 2. The van der Waals surface area contributed by atoms with Crippen LogP contribution in [0.1, 0.15) is 37.1 Å². The third-order valence-corrected chi connectivity index (χ3v) is 7.02. The SMILES string of the molecule is COc1ccc([C@H]2SC[C@H](C(=O)NCC[NH+]3CCCCC3)N2C(C)=O)cc1OC. The van der Waals surface area contributed by atoms with Gasteiger partial charge in [0.1, 0.15) is 11.4 Å². The molecule has 0 aliphatic carbocycles. The summed E-state index contributed by atoms with van der Waals surface area (Å²) >= 11 is 1.61. The first-order valence-corrected chi connectivity index (χ1v) is 11.3. The third-order valence-electron chi connectivity index (χ3n) is 5.70. The van der Waals surface area contributed by atoms with Gasteiger partial charge in [0.2, 0.25) is 11.8 Å². The Kier molecular flexibility index (Phi) is 7.66. The summed E-state index contributed by atoms with van der Waals surface area (Å²) in [4.78, 5) is 28.5. The molecular formula is C21H32N3O4S+. The van der Waals surface area contributed by atoms with Crippen molar-refractivity contribution in [3.63, 3.8) is 0 Å². The molecule has 0 radical (unpaired) electrons. The quantitative estimate of drug-likeness (QED) is 0.682. The maximum Gasteiger partial charge on any atom is 0.243 e. The van der Waals surface area contributed by atoms with Gasteiger partial charge in [0.15, 0.2) is 11.5 Å². The molecule has 0 saturated carbocycles. The molecule has 0 aromatic heterocycles. The Morgan fingerprint density at radius 2 is 1.90 bits per heavy atom. The van der Waals surface area contributed by atoms with E-state index in [1.54, 1.807) is 35.8 Å². The number of methoxy groups -OCH3 is 2. The second kappa shape index (κ2) is 10.2. The maximum absolute atomic E-state index is 12.8. The molecule has 2 saturated heterocycles. The average Bonchev–Trinajstić information content (AvgIpc) is 3.19. The first kappa shape index (κ1) is 21.8. The molecule has 3 rings (SSSR count). The molecule has 8 heteroatoms. The van der Waals surface area contributed by atoms with E-state index in [9.17, 15) is 9.59 Å². The molecule has 2 fully saturated rings. The van der Waals surface area contributed by atoms with Crippen molar-refractivity contribution in [2.75, 3.05) is 46.2 Å². The first-order chi connectivity index (χ1) is 14.0. The lowest BCUT2D eigenvalue weighted by molar-refractivity contribution is -0.903. The van der Waals surface area contributed by atoms with Crippen molar-refractivity contribution in [3.05, 3.63) is 23.8 Å². The monoisotopic (exact) mass is 422 g/mol. The highest BCUT2D eigenvalue weighted by Crippen LogP contribution is 2.43. The number of carbonyl (C=O) groups is 2. The van der Waals surface area contributed by atoms with Crippen LogP contribution in [0.15, 0.2) is 18.2 Å². The van der Waals surface area contributed by atoms with Gasteiger partial charge in [-0.1, -0.05) is 6.07 Å². The van der Waals surface area contributed by atoms with Crippen LogP contribution >= 0.6 is 11.8 Å². The number of thioether (sulfide) groups is 1. The number of quaternary nitrogens is 1. The lowest BCUT2D eigenvalue weighted by Gasteiger charge is -2.28. The summed E-state index contributed by atoms with van der Waals surface area (Å²) in [7, 11) is 3.18. The molecular weight excluding hydrogens is 390 g/mol. The van der Waals surface area contributed by atoms with Crippen molar-refractivity contribution in [1.29, 1.82) is 0 Å². The van der Waals surface area contributed by atoms with Crippen molar-refractivity contribution >= 4 is 23.6 Å². The van der Waals surface area contributed by atoms with Crippen molar-refractivity contribution in [2.45, 2.75) is 37.6 Å². The molecule has 0 bridgehead atoms. The highest BCUT2D eigenvalue weighted by molar-refractivity contribution is 7.99. The molecule has 29 heavy (non-hydrogen) atoms. The third kappa shape index (κ3) is 5.17. The van der Waals surface area contributed by atoms with Gasteiger partial charge in [-0.3, -0.25) is 9.59 Å². The molecule has 0 spiro atoms. The van der Waals surface area contributed by atoms with Crippen LogP contribution in [0, 0.1) is 0 Å². The lowest BCUT2D eigenvalue weighted by Crippen LogP contribution is -3.13. The summed E-state index contributed by atoms with van der Waals surface area (Å²) in [6.45, 7) is 5.51. The minimum atomic E-state index is -0.452. The standard InChI is InChI=1S/C21H31N3O4S/c1-15(25)24-17(20(26)22-9-12-23-10-5-4-6-11-23)14-29-21(24)16-7-8-18(27-2)19(13-16)28-3/h7-8,13,17,21H,4-6,9-12,14H2,1-3H3,(H,22,26)/p+1/t17-,21-/m1/s1. The van der Waals surface area contributed by atoms with Crippen LogP contribution in [0.25, 0.3) is 0 Å². The number of piperidine rings is 1. The average molecular weight is 423 g/mol. The Labute approximate surface area is 177 Å². The summed E-state index contributed by atoms with van der Waals surface area (Å²) in [6.07, 6.45) is 3.86. The van der Waals surface area contributed by atoms with Crippen LogP contribution in [0.5, 0.6) is 11.5 Å². The van der Waals surface area contributed by atoms with E-state index in [2.05, 4.69) is 5.32 Å². The van der Waals surface area contributed by atoms with Crippen LogP contribution in [-0.2, 0) is 9.59 Å². The number of rotatable bonds is 7. The van der Waals surface area contributed by atoms with Crippen LogP contribution in [0.3, 0.4) is 0 Å². The molecule has 160 valence electrons. The summed E-state index contributed by atoms with van der Waals surface area (Å²) in [5, 5.41) is 2.85. The number of benzene rings is 1. The van der Waals surface area contributed by atoms with Gasteiger partial charge >= 0.3 is 0 Å². The van der Waals surface area contributed by atoms with E-state index in [1.165, 1.54) is 39.3 Å². The van der Waals surface area contributed by atoms with Crippen LogP contribution in [-0.4, -0.2) is 68.9 Å². The van der Waals surface area contributed by atoms with Gasteiger partial charge in [0, 0.05) is 12.7 Å². The van der Waals surface area contributed by atoms with E-state index < -0.39 is 6.04 Å². The fourth-order valence-electron chi connectivity index (χ4n) is 4.14. The molecule has 7 nitrogen and oxygen atoms in total. The molecule has 2 heterocycles. The molecule has 2 atom stereocenters. The normalized spacial score (nSPS) is 22.4. The number of ether oxygens (including phenoxy) is 2. The van der Waals surface area contributed by atoms with E-state index in [-0.39, 0.29) is 17.2 Å². The Morgan fingerprint density at radius 1 is 1.17 bits per heavy atom. The van der Waals surface area contributed by atoms with Gasteiger partial charge < -0.3 is 24.6 Å². The highest BCUT2D eigenvalue weighted by Gasteiger charge is 2.41. The Hall–Kier alpha value is -1.93. The Bertz CT molecular complexity index is 724. The number of nitrogens with zero attached hydrogens (tertiary/aromatic N) is 1. The van der Waals surface area contributed by atoms with Crippen molar-refractivity contribution in [1.82, 2.24) is 10.2 Å². The van der Waals surface area contributed by atoms with Crippen LogP contribution < -0.4 is 19.7 Å². The Balaban J connectivity index is 1.64. The minimum Gasteiger partial charge on any atom is -0.493 e. The first-order valence-electron chi connectivity index (χ1n) is 10.3. The largest absolute Gasteiger partial charge is 0.493 e. The summed E-state index contributed by atoms with van der Waals surface area (Å²) in [5.41, 5.74) is 0.927. The molecule has 2 aliphatic rings.